The number of anilines is 1. The summed E-state index contributed by atoms with van der Waals surface area (Å²) >= 11 is 6.14. The fourth-order valence-corrected chi connectivity index (χ4v) is 2.71. The van der Waals surface area contributed by atoms with Gasteiger partial charge in [-0.25, -0.2) is 13.6 Å². The zero-order valence-corrected chi connectivity index (χ0v) is 17.3. The van der Waals surface area contributed by atoms with E-state index in [1.807, 2.05) is 0 Å². The lowest BCUT2D eigenvalue weighted by molar-refractivity contribution is -0.148. The Balaban J connectivity index is 2.04. The summed E-state index contributed by atoms with van der Waals surface area (Å²) in [6.45, 7) is 3.46. The zero-order valence-electron chi connectivity index (χ0n) is 16.5. The van der Waals surface area contributed by atoms with Crippen LogP contribution in [0.3, 0.4) is 0 Å². The average molecular weight is 440 g/mol. The molecule has 0 aliphatic heterocycles. The van der Waals surface area contributed by atoms with Crippen LogP contribution in [0.1, 0.15) is 19.4 Å². The van der Waals surface area contributed by atoms with E-state index in [1.54, 1.807) is 19.1 Å². The van der Waals surface area contributed by atoms with Crippen LogP contribution in [-0.4, -0.2) is 31.7 Å². The van der Waals surface area contributed by atoms with Crippen LogP contribution in [0.4, 0.5) is 14.5 Å². The lowest BCUT2D eigenvalue weighted by Gasteiger charge is -2.13. The number of ether oxygens (including phenoxy) is 3. The van der Waals surface area contributed by atoms with Gasteiger partial charge in [-0.3, -0.25) is 4.79 Å². The molecule has 2 rings (SSSR count). The van der Waals surface area contributed by atoms with Gasteiger partial charge in [0.15, 0.2) is 17.6 Å². The summed E-state index contributed by atoms with van der Waals surface area (Å²) in [4.78, 5) is 24.1. The molecule has 1 atom stereocenters. The van der Waals surface area contributed by atoms with E-state index in [2.05, 4.69) is 5.32 Å². The van der Waals surface area contributed by atoms with Crippen molar-refractivity contribution >= 4 is 35.2 Å². The van der Waals surface area contributed by atoms with Crippen LogP contribution in [0, 0.1) is 11.6 Å². The third-order valence-corrected chi connectivity index (χ3v) is 4.10. The molecular weight excluding hydrogens is 420 g/mol. The molecule has 30 heavy (non-hydrogen) atoms. The number of methoxy groups -OCH3 is 1. The van der Waals surface area contributed by atoms with E-state index in [4.69, 9.17) is 25.8 Å². The number of amides is 1. The highest BCUT2D eigenvalue weighted by molar-refractivity contribution is 6.32. The highest BCUT2D eigenvalue weighted by atomic mass is 35.5. The number of halogens is 3. The topological polar surface area (TPSA) is 73.9 Å². The number of rotatable bonds is 8. The maximum atomic E-state index is 13.6. The minimum atomic E-state index is -1.29. The van der Waals surface area contributed by atoms with Crippen LogP contribution in [0.25, 0.3) is 6.08 Å². The first-order chi connectivity index (χ1) is 14.3. The van der Waals surface area contributed by atoms with Gasteiger partial charge in [-0.05, 0) is 49.8 Å². The number of benzene rings is 2. The smallest absolute Gasteiger partial charge is 0.331 e. The Morgan fingerprint density at radius 2 is 1.90 bits per heavy atom. The van der Waals surface area contributed by atoms with E-state index in [0.717, 1.165) is 24.3 Å². The fraction of sp³-hybridized carbons (Fsp3) is 0.238. The average Bonchev–Trinajstić information content (AvgIpc) is 2.69. The molecule has 0 aliphatic carbocycles. The van der Waals surface area contributed by atoms with Crippen molar-refractivity contribution in [1.82, 2.24) is 0 Å². The van der Waals surface area contributed by atoms with Gasteiger partial charge < -0.3 is 19.5 Å². The molecule has 160 valence electrons. The minimum absolute atomic E-state index is 0.288. The van der Waals surface area contributed by atoms with E-state index in [9.17, 15) is 18.4 Å². The van der Waals surface area contributed by atoms with Gasteiger partial charge in [-0.1, -0.05) is 17.7 Å². The van der Waals surface area contributed by atoms with Crippen LogP contribution >= 0.6 is 11.6 Å². The molecule has 1 amide bonds. The predicted octanol–water partition coefficient (Wildman–Crippen LogP) is 4.61. The molecule has 0 fully saturated rings. The molecule has 0 saturated carbocycles. The minimum Gasteiger partial charge on any atom is -0.491 e. The highest BCUT2D eigenvalue weighted by Crippen LogP contribution is 2.36. The van der Waals surface area contributed by atoms with Crippen LogP contribution in [0.15, 0.2) is 36.4 Å². The quantitative estimate of drug-likeness (QED) is 0.480. The molecule has 0 aliphatic rings. The SMILES string of the molecule is CCOc1cc(/C=C/C(=O)OC(C)C(=O)Nc2c(F)cccc2F)cc(Cl)c1OC. The van der Waals surface area contributed by atoms with Gasteiger partial charge in [-0.15, -0.1) is 0 Å². The van der Waals surface area contributed by atoms with Crippen molar-refractivity contribution in [3.8, 4) is 11.5 Å². The monoisotopic (exact) mass is 439 g/mol. The van der Waals surface area contributed by atoms with Crippen molar-refractivity contribution in [2.75, 3.05) is 19.0 Å². The number of carbonyl (C=O) groups excluding carboxylic acids is 2. The lowest BCUT2D eigenvalue weighted by Crippen LogP contribution is -2.30. The number of esters is 1. The largest absolute Gasteiger partial charge is 0.491 e. The van der Waals surface area contributed by atoms with E-state index in [-0.39, 0.29) is 5.02 Å². The summed E-state index contributed by atoms with van der Waals surface area (Å²) < 4.78 is 42.8. The lowest BCUT2D eigenvalue weighted by atomic mass is 10.2. The Morgan fingerprint density at radius 1 is 1.23 bits per heavy atom. The fourth-order valence-electron chi connectivity index (χ4n) is 2.42. The van der Waals surface area contributed by atoms with Crippen LogP contribution in [0.2, 0.25) is 5.02 Å². The normalized spacial score (nSPS) is 11.8. The molecule has 0 radical (unpaired) electrons. The summed E-state index contributed by atoms with van der Waals surface area (Å²) in [5, 5.41) is 2.35. The molecule has 0 bridgehead atoms. The standard InChI is InChI=1S/C21H20ClF2NO5/c1-4-29-17-11-13(10-14(22)20(17)28-3)8-9-18(26)30-12(2)21(27)25-19-15(23)6-5-7-16(19)24/h5-12H,4H2,1-3H3,(H,25,27)/b9-8+. The van der Waals surface area contributed by atoms with E-state index in [1.165, 1.54) is 20.1 Å². The predicted molar refractivity (Wildman–Crippen MR) is 109 cm³/mol. The van der Waals surface area contributed by atoms with E-state index < -0.39 is 35.3 Å². The summed E-state index contributed by atoms with van der Waals surface area (Å²) in [5.41, 5.74) is -0.0796. The third-order valence-electron chi connectivity index (χ3n) is 3.82. The van der Waals surface area contributed by atoms with Gasteiger partial charge in [0.05, 0.1) is 18.7 Å². The van der Waals surface area contributed by atoms with Crippen molar-refractivity contribution in [2.45, 2.75) is 20.0 Å². The first kappa shape index (κ1) is 23.2. The van der Waals surface area contributed by atoms with Crippen molar-refractivity contribution in [3.63, 3.8) is 0 Å². The molecule has 9 heteroatoms. The van der Waals surface area contributed by atoms with Gasteiger partial charge in [0, 0.05) is 6.08 Å². The van der Waals surface area contributed by atoms with E-state index in [0.29, 0.717) is 23.7 Å². The molecule has 1 N–H and O–H groups in total. The van der Waals surface area contributed by atoms with Crippen molar-refractivity contribution in [2.24, 2.45) is 0 Å². The Labute approximate surface area is 177 Å². The second-order valence-corrected chi connectivity index (χ2v) is 6.37. The molecule has 1 unspecified atom stereocenters. The summed E-state index contributed by atoms with van der Waals surface area (Å²) in [6, 6.07) is 6.33. The number of para-hydroxylation sites is 1. The maximum Gasteiger partial charge on any atom is 0.331 e. The Hall–Kier alpha value is -3.13. The zero-order chi connectivity index (χ0) is 22.3. The second kappa shape index (κ2) is 10.6. The van der Waals surface area contributed by atoms with E-state index >= 15 is 0 Å². The van der Waals surface area contributed by atoms with Gasteiger partial charge in [-0.2, -0.15) is 0 Å². The Kier molecular flexibility index (Phi) is 8.17. The molecular formula is C21H20ClF2NO5. The van der Waals surface area contributed by atoms with Crippen molar-refractivity contribution in [1.29, 1.82) is 0 Å². The number of nitrogens with one attached hydrogen (secondary N) is 1. The molecule has 0 spiro atoms. The number of hydrogen-bond acceptors (Lipinski definition) is 5. The van der Waals surface area contributed by atoms with Gasteiger partial charge in [0.25, 0.3) is 5.91 Å². The van der Waals surface area contributed by atoms with Crippen molar-refractivity contribution < 1.29 is 32.6 Å². The number of hydrogen-bond donors (Lipinski definition) is 1. The summed E-state index contributed by atoms with van der Waals surface area (Å²) in [7, 11) is 1.45. The summed E-state index contributed by atoms with van der Waals surface area (Å²) in [6.07, 6.45) is 1.21. The molecule has 0 aromatic heterocycles. The van der Waals surface area contributed by atoms with Gasteiger partial charge in [0.2, 0.25) is 0 Å². The van der Waals surface area contributed by atoms with Crippen LogP contribution < -0.4 is 14.8 Å². The van der Waals surface area contributed by atoms with Crippen LogP contribution in [-0.2, 0) is 14.3 Å². The molecule has 6 nitrogen and oxygen atoms in total. The van der Waals surface area contributed by atoms with Crippen molar-refractivity contribution in [3.05, 3.63) is 58.6 Å². The first-order valence-electron chi connectivity index (χ1n) is 8.90. The molecule has 2 aromatic carbocycles. The number of carbonyl (C=O) groups is 2. The second-order valence-electron chi connectivity index (χ2n) is 5.97. The van der Waals surface area contributed by atoms with Gasteiger partial charge >= 0.3 is 5.97 Å². The van der Waals surface area contributed by atoms with Gasteiger partial charge in [0.1, 0.15) is 17.3 Å². The van der Waals surface area contributed by atoms with Crippen LogP contribution in [0.5, 0.6) is 11.5 Å². The Bertz CT molecular complexity index is 944. The highest BCUT2D eigenvalue weighted by Gasteiger charge is 2.20. The molecule has 2 aromatic rings. The third kappa shape index (κ3) is 5.93. The maximum absolute atomic E-state index is 13.6. The molecule has 0 saturated heterocycles. The first-order valence-corrected chi connectivity index (χ1v) is 9.28. The summed E-state index contributed by atoms with van der Waals surface area (Å²) in [5.74, 6) is -2.83. The Morgan fingerprint density at radius 3 is 2.50 bits per heavy atom. The molecule has 0 heterocycles.